The van der Waals surface area contributed by atoms with Crippen molar-refractivity contribution in [2.24, 2.45) is 11.8 Å². The number of sulfonamides is 1. The molecule has 198 valence electrons. The standard InChI is InChI=1S/C31H38N2O3S.H2/c1-24-13-15-27(16-14-24)23-32-31(34)29-19-17-26(18-20-29)21-22-33(25(2)28-9-5-3-6-10-28)37(35,36)30-11-7-4-8-12-30;/h3-16,25-26,29H,17-23H2,1-2H3,(H,32,34);1H/t25-,26?,29?;/m0./s1. The molecule has 37 heavy (non-hydrogen) atoms. The van der Waals surface area contributed by atoms with Gasteiger partial charge in [0.15, 0.2) is 0 Å². The highest BCUT2D eigenvalue weighted by Gasteiger charge is 2.32. The number of hydrogen-bond donors (Lipinski definition) is 1. The van der Waals surface area contributed by atoms with Crippen LogP contribution in [-0.4, -0.2) is 25.2 Å². The molecule has 0 saturated heterocycles. The molecule has 6 heteroatoms. The molecule has 0 aromatic heterocycles. The van der Waals surface area contributed by atoms with E-state index in [1.54, 1.807) is 28.6 Å². The number of benzene rings is 3. The van der Waals surface area contributed by atoms with E-state index in [1.807, 2.05) is 43.3 Å². The first-order valence-corrected chi connectivity index (χ1v) is 14.7. The molecule has 1 aliphatic carbocycles. The molecule has 0 spiro atoms. The summed E-state index contributed by atoms with van der Waals surface area (Å²) in [5.41, 5.74) is 3.30. The van der Waals surface area contributed by atoms with Crippen LogP contribution in [0.25, 0.3) is 0 Å². The number of amides is 1. The van der Waals surface area contributed by atoms with Crippen molar-refractivity contribution in [3.05, 3.63) is 102 Å². The van der Waals surface area contributed by atoms with E-state index < -0.39 is 10.0 Å². The molecule has 1 fully saturated rings. The Hall–Kier alpha value is -2.96. The molecule has 5 nitrogen and oxygen atoms in total. The van der Waals surface area contributed by atoms with Gasteiger partial charge in [-0.05, 0) is 75.1 Å². The average Bonchev–Trinajstić information content (AvgIpc) is 2.93. The van der Waals surface area contributed by atoms with Gasteiger partial charge in [0.1, 0.15) is 0 Å². The summed E-state index contributed by atoms with van der Waals surface area (Å²) in [5, 5.41) is 3.10. The van der Waals surface area contributed by atoms with Gasteiger partial charge in [-0.25, -0.2) is 8.42 Å². The SMILES string of the molecule is Cc1ccc(CNC(=O)C2CCC(CCN([C@@H](C)c3ccccc3)S(=O)(=O)c3ccccc3)CC2)cc1.[HH]. The highest BCUT2D eigenvalue weighted by molar-refractivity contribution is 7.89. The summed E-state index contributed by atoms with van der Waals surface area (Å²) in [6.07, 6.45) is 4.39. The molecule has 1 amide bonds. The van der Waals surface area contributed by atoms with Crippen molar-refractivity contribution < 1.29 is 14.6 Å². The van der Waals surface area contributed by atoms with Crippen LogP contribution in [0.15, 0.2) is 89.8 Å². The van der Waals surface area contributed by atoms with Crippen molar-refractivity contribution in [3.8, 4) is 0 Å². The topological polar surface area (TPSA) is 66.5 Å². The number of rotatable bonds is 10. The monoisotopic (exact) mass is 520 g/mol. The number of hydrogen-bond acceptors (Lipinski definition) is 3. The summed E-state index contributed by atoms with van der Waals surface area (Å²) in [5.74, 6) is 0.580. The minimum atomic E-state index is -3.64. The largest absolute Gasteiger partial charge is 0.352 e. The predicted molar refractivity (Wildman–Crippen MR) is 150 cm³/mol. The zero-order valence-electron chi connectivity index (χ0n) is 21.8. The highest BCUT2D eigenvalue weighted by Crippen LogP contribution is 2.34. The second-order valence-electron chi connectivity index (χ2n) is 10.2. The lowest BCUT2D eigenvalue weighted by atomic mass is 9.80. The van der Waals surface area contributed by atoms with E-state index in [-0.39, 0.29) is 19.3 Å². The Labute approximate surface area is 223 Å². The molecule has 1 aliphatic rings. The molecule has 4 rings (SSSR count). The molecule has 0 unspecified atom stereocenters. The molecular weight excluding hydrogens is 480 g/mol. The van der Waals surface area contributed by atoms with Crippen molar-refractivity contribution in [2.45, 2.75) is 63.4 Å². The van der Waals surface area contributed by atoms with E-state index in [0.717, 1.165) is 43.2 Å². The van der Waals surface area contributed by atoms with Crippen LogP contribution in [0.4, 0.5) is 0 Å². The lowest BCUT2D eigenvalue weighted by molar-refractivity contribution is -0.126. The fourth-order valence-corrected chi connectivity index (χ4v) is 6.87. The number of carbonyl (C=O) groups is 1. The van der Waals surface area contributed by atoms with Gasteiger partial charge >= 0.3 is 0 Å². The van der Waals surface area contributed by atoms with Gasteiger partial charge in [-0.1, -0.05) is 78.4 Å². The van der Waals surface area contributed by atoms with Crippen molar-refractivity contribution in [1.82, 2.24) is 9.62 Å². The number of nitrogens with zero attached hydrogens (tertiary/aromatic N) is 1. The van der Waals surface area contributed by atoms with Crippen molar-refractivity contribution in [1.29, 1.82) is 0 Å². The maximum Gasteiger partial charge on any atom is 0.243 e. The Bertz CT molecular complexity index is 1240. The summed E-state index contributed by atoms with van der Waals surface area (Å²) in [4.78, 5) is 13.1. The maximum absolute atomic E-state index is 13.6. The number of aryl methyl sites for hydroxylation is 1. The lowest BCUT2D eigenvalue weighted by Gasteiger charge is -2.32. The van der Waals surface area contributed by atoms with Crippen molar-refractivity contribution in [3.63, 3.8) is 0 Å². The summed E-state index contributed by atoms with van der Waals surface area (Å²) in [7, 11) is -3.64. The molecule has 1 saturated carbocycles. The first kappa shape index (κ1) is 27.1. The third-order valence-electron chi connectivity index (χ3n) is 7.63. The van der Waals surface area contributed by atoms with E-state index in [9.17, 15) is 13.2 Å². The molecular formula is C31H40N2O3S. The predicted octanol–water partition coefficient (Wildman–Crippen LogP) is 6.51. The molecule has 1 atom stereocenters. The normalized spacial score (nSPS) is 18.9. The molecule has 0 bridgehead atoms. The van der Waals surface area contributed by atoms with Crippen molar-refractivity contribution >= 4 is 15.9 Å². The Morgan fingerprint density at radius 2 is 1.51 bits per heavy atom. The second kappa shape index (κ2) is 12.5. The van der Waals surface area contributed by atoms with Crippen LogP contribution < -0.4 is 5.32 Å². The van der Waals surface area contributed by atoms with Crippen LogP contribution in [0, 0.1) is 18.8 Å². The van der Waals surface area contributed by atoms with Gasteiger partial charge in [0, 0.05) is 26.5 Å². The zero-order valence-corrected chi connectivity index (χ0v) is 22.7. The van der Waals surface area contributed by atoms with Gasteiger partial charge in [-0.3, -0.25) is 4.79 Å². The van der Waals surface area contributed by atoms with Crippen LogP contribution in [0.1, 0.15) is 63.2 Å². The molecule has 3 aromatic rings. The van der Waals surface area contributed by atoms with Gasteiger partial charge in [0.25, 0.3) is 0 Å². The van der Waals surface area contributed by atoms with Crippen molar-refractivity contribution in [2.75, 3.05) is 6.54 Å². The van der Waals surface area contributed by atoms with E-state index in [2.05, 4.69) is 36.5 Å². The van der Waals surface area contributed by atoms with Crippen LogP contribution in [-0.2, 0) is 21.4 Å². The Balaban J connectivity index is 0.00000400. The zero-order chi connectivity index (χ0) is 26.3. The summed E-state index contributed by atoms with van der Waals surface area (Å²) < 4.78 is 28.9. The maximum atomic E-state index is 13.6. The Morgan fingerprint density at radius 1 is 0.919 bits per heavy atom. The molecule has 0 heterocycles. The third-order valence-corrected chi connectivity index (χ3v) is 9.61. The quantitative estimate of drug-likeness (QED) is 0.332. The Kier molecular flexibility index (Phi) is 9.17. The number of nitrogens with one attached hydrogen (secondary N) is 1. The summed E-state index contributed by atoms with van der Waals surface area (Å²) in [6.45, 7) is 5.04. The molecule has 0 radical (unpaired) electrons. The first-order chi connectivity index (χ1) is 17.8. The minimum Gasteiger partial charge on any atom is -0.352 e. The van der Waals surface area contributed by atoms with E-state index in [4.69, 9.17) is 0 Å². The Morgan fingerprint density at radius 3 is 2.14 bits per heavy atom. The fourth-order valence-electron chi connectivity index (χ4n) is 5.21. The van der Waals surface area contributed by atoms with Crippen LogP contribution >= 0.6 is 0 Å². The van der Waals surface area contributed by atoms with E-state index in [0.29, 0.717) is 23.9 Å². The third kappa shape index (κ3) is 7.08. The lowest BCUT2D eigenvalue weighted by Crippen LogP contribution is -2.36. The van der Waals surface area contributed by atoms with E-state index in [1.165, 1.54) is 5.56 Å². The van der Waals surface area contributed by atoms with E-state index >= 15 is 0 Å². The fraction of sp³-hybridized carbons (Fsp3) is 0.387. The second-order valence-corrected chi connectivity index (χ2v) is 12.1. The smallest absolute Gasteiger partial charge is 0.243 e. The molecule has 1 N–H and O–H groups in total. The van der Waals surface area contributed by atoms with Gasteiger partial charge in [-0.2, -0.15) is 4.31 Å². The minimum absolute atomic E-state index is 0. The van der Waals surface area contributed by atoms with Crippen LogP contribution in [0.5, 0.6) is 0 Å². The molecule has 0 aliphatic heterocycles. The van der Waals surface area contributed by atoms with Gasteiger partial charge in [0.2, 0.25) is 15.9 Å². The summed E-state index contributed by atoms with van der Waals surface area (Å²) in [6, 6.07) is 26.5. The van der Waals surface area contributed by atoms with Crippen LogP contribution in [0.3, 0.4) is 0 Å². The number of carbonyl (C=O) groups excluding carboxylic acids is 1. The van der Waals surface area contributed by atoms with Gasteiger partial charge in [0.05, 0.1) is 4.90 Å². The van der Waals surface area contributed by atoms with Gasteiger partial charge < -0.3 is 5.32 Å². The molecule has 3 aromatic carbocycles. The van der Waals surface area contributed by atoms with Gasteiger partial charge in [-0.15, -0.1) is 0 Å². The first-order valence-electron chi connectivity index (χ1n) is 13.3. The summed E-state index contributed by atoms with van der Waals surface area (Å²) >= 11 is 0. The van der Waals surface area contributed by atoms with Crippen LogP contribution in [0.2, 0.25) is 0 Å². The average molecular weight is 521 g/mol. The highest BCUT2D eigenvalue weighted by atomic mass is 32.2.